The minimum Gasteiger partial charge on any atom is -0.492 e. The summed E-state index contributed by atoms with van der Waals surface area (Å²) < 4.78 is 6.79. The summed E-state index contributed by atoms with van der Waals surface area (Å²) in [6, 6.07) is 6.18. The van der Waals surface area contributed by atoms with Crippen molar-refractivity contribution in [2.24, 2.45) is 11.6 Å². The average Bonchev–Trinajstić information content (AvgIpc) is 2.51. The van der Waals surface area contributed by atoms with Gasteiger partial charge in [-0.15, -0.1) is 0 Å². The molecule has 1 aromatic rings. The van der Waals surface area contributed by atoms with Crippen LogP contribution < -0.4 is 16.3 Å². The summed E-state index contributed by atoms with van der Waals surface area (Å²) >= 11 is 3.58. The predicted molar refractivity (Wildman–Crippen MR) is 105 cm³/mol. The second-order valence-electron chi connectivity index (χ2n) is 6.21. The molecule has 0 spiro atoms. The van der Waals surface area contributed by atoms with Crippen LogP contribution in [0.3, 0.4) is 0 Å². The van der Waals surface area contributed by atoms with Crippen LogP contribution in [-0.2, 0) is 6.42 Å². The first-order valence-corrected chi connectivity index (χ1v) is 9.25. The van der Waals surface area contributed by atoms with Gasteiger partial charge in [0.1, 0.15) is 5.75 Å². The number of benzene rings is 1. The van der Waals surface area contributed by atoms with E-state index in [1.54, 1.807) is 5.01 Å². The maximum atomic E-state index is 5.96. The highest BCUT2D eigenvalue weighted by Gasteiger charge is 2.04. The maximum absolute atomic E-state index is 5.96. The van der Waals surface area contributed by atoms with E-state index in [4.69, 9.17) is 16.3 Å². The molecule has 5 nitrogen and oxygen atoms in total. The van der Waals surface area contributed by atoms with Crippen molar-refractivity contribution < 1.29 is 4.74 Å². The monoisotopic (exact) mass is 398 g/mol. The van der Waals surface area contributed by atoms with E-state index in [1.807, 2.05) is 12.3 Å². The van der Waals surface area contributed by atoms with Crippen molar-refractivity contribution in [2.45, 2.75) is 32.6 Å². The summed E-state index contributed by atoms with van der Waals surface area (Å²) in [5.74, 6) is 6.85. The van der Waals surface area contributed by atoms with Gasteiger partial charge in [-0.1, -0.05) is 19.4 Å². The lowest BCUT2D eigenvalue weighted by atomic mass is 10.1. The molecule has 0 amide bonds. The maximum Gasteiger partial charge on any atom is 0.133 e. The molecule has 0 atom stereocenters. The first-order chi connectivity index (χ1) is 11.4. The SMILES string of the molecule is CCC/C(N)=C/N(N)CCc1ccc(OCCCN(C)C)c(Br)c1. The number of hydrogen-bond donors (Lipinski definition) is 2. The van der Waals surface area contributed by atoms with Crippen LogP contribution in [0, 0.1) is 0 Å². The third kappa shape index (κ3) is 8.57. The first kappa shape index (κ1) is 20.8. The van der Waals surface area contributed by atoms with E-state index in [9.17, 15) is 0 Å². The van der Waals surface area contributed by atoms with Gasteiger partial charge in [0.25, 0.3) is 0 Å². The normalized spacial score (nSPS) is 11.8. The van der Waals surface area contributed by atoms with Crippen molar-refractivity contribution in [2.75, 3.05) is 33.8 Å². The highest BCUT2D eigenvalue weighted by atomic mass is 79.9. The standard InChI is InChI=1S/C18H31BrN4O/c1-4-6-16(20)14-23(21)11-9-15-7-8-18(17(19)13-15)24-12-5-10-22(2)3/h7-8,13-14H,4-6,9-12,20-21H2,1-3H3/b16-14-. The Morgan fingerprint density at radius 1 is 1.29 bits per heavy atom. The molecule has 0 radical (unpaired) electrons. The fourth-order valence-electron chi connectivity index (χ4n) is 2.27. The highest BCUT2D eigenvalue weighted by Crippen LogP contribution is 2.26. The Morgan fingerprint density at radius 2 is 2.04 bits per heavy atom. The summed E-state index contributed by atoms with van der Waals surface area (Å²) in [7, 11) is 4.13. The van der Waals surface area contributed by atoms with Gasteiger partial charge in [-0.25, -0.2) is 5.84 Å². The van der Waals surface area contributed by atoms with Crippen LogP contribution in [0.15, 0.2) is 34.6 Å². The molecule has 0 aliphatic carbocycles. The smallest absolute Gasteiger partial charge is 0.133 e. The number of allylic oxidation sites excluding steroid dienone is 1. The molecule has 0 aliphatic rings. The van der Waals surface area contributed by atoms with E-state index in [0.29, 0.717) is 6.61 Å². The number of nitrogens with two attached hydrogens (primary N) is 2. The van der Waals surface area contributed by atoms with Crippen molar-refractivity contribution in [3.63, 3.8) is 0 Å². The first-order valence-electron chi connectivity index (χ1n) is 8.45. The summed E-state index contributed by atoms with van der Waals surface area (Å²) in [5, 5.41) is 1.66. The van der Waals surface area contributed by atoms with Crippen molar-refractivity contribution in [1.82, 2.24) is 9.91 Å². The summed E-state index contributed by atoms with van der Waals surface area (Å²) in [4.78, 5) is 2.15. The molecule has 1 aromatic carbocycles. The van der Waals surface area contributed by atoms with E-state index in [1.165, 1.54) is 5.56 Å². The average molecular weight is 399 g/mol. The van der Waals surface area contributed by atoms with E-state index < -0.39 is 0 Å². The second-order valence-corrected chi connectivity index (χ2v) is 7.07. The van der Waals surface area contributed by atoms with Crippen LogP contribution >= 0.6 is 15.9 Å². The largest absolute Gasteiger partial charge is 0.492 e. The van der Waals surface area contributed by atoms with Crippen molar-refractivity contribution in [1.29, 1.82) is 0 Å². The van der Waals surface area contributed by atoms with Gasteiger partial charge >= 0.3 is 0 Å². The van der Waals surface area contributed by atoms with E-state index in [-0.39, 0.29) is 0 Å². The van der Waals surface area contributed by atoms with E-state index in [2.05, 4.69) is 54.0 Å². The molecule has 1 rings (SSSR count). The van der Waals surface area contributed by atoms with Gasteiger partial charge in [0.05, 0.1) is 11.1 Å². The molecule has 0 bridgehead atoms. The van der Waals surface area contributed by atoms with E-state index in [0.717, 1.165) is 54.7 Å². The van der Waals surface area contributed by atoms with Gasteiger partial charge in [0, 0.05) is 25.0 Å². The van der Waals surface area contributed by atoms with Gasteiger partial charge in [0.2, 0.25) is 0 Å². The Morgan fingerprint density at radius 3 is 2.67 bits per heavy atom. The van der Waals surface area contributed by atoms with Crippen LogP contribution in [0.4, 0.5) is 0 Å². The summed E-state index contributed by atoms with van der Waals surface area (Å²) in [6.45, 7) is 4.56. The molecular formula is C18H31BrN4O. The lowest BCUT2D eigenvalue weighted by Gasteiger charge is -2.16. The zero-order valence-electron chi connectivity index (χ0n) is 15.1. The van der Waals surface area contributed by atoms with E-state index >= 15 is 0 Å². The Labute approximate surface area is 154 Å². The fraction of sp³-hybridized carbons (Fsp3) is 0.556. The van der Waals surface area contributed by atoms with Crippen LogP contribution in [-0.4, -0.2) is 43.7 Å². The molecule has 0 saturated carbocycles. The van der Waals surface area contributed by atoms with Crippen molar-refractivity contribution in [3.05, 3.63) is 40.1 Å². The van der Waals surface area contributed by atoms with Gasteiger partial charge < -0.3 is 20.4 Å². The lowest BCUT2D eigenvalue weighted by Crippen LogP contribution is -2.28. The number of hydrogen-bond acceptors (Lipinski definition) is 5. The van der Waals surface area contributed by atoms with Gasteiger partial charge in [-0.2, -0.15) is 0 Å². The Balaban J connectivity index is 2.45. The van der Waals surface area contributed by atoms with Gasteiger partial charge in [-0.05, 0) is 67.0 Å². The molecule has 0 aromatic heterocycles. The van der Waals surface area contributed by atoms with Gasteiger partial charge in [-0.3, -0.25) is 0 Å². The summed E-state index contributed by atoms with van der Waals surface area (Å²) in [5.41, 5.74) is 7.92. The minimum absolute atomic E-state index is 0.716. The second kappa shape index (κ2) is 11.3. The number of hydrazine groups is 1. The molecule has 0 saturated heterocycles. The number of nitrogens with zero attached hydrogens (tertiary/aromatic N) is 2. The topological polar surface area (TPSA) is 67.8 Å². The van der Waals surface area contributed by atoms with Gasteiger partial charge in [0.15, 0.2) is 0 Å². The molecular weight excluding hydrogens is 368 g/mol. The minimum atomic E-state index is 0.716. The highest BCUT2D eigenvalue weighted by molar-refractivity contribution is 9.10. The van der Waals surface area contributed by atoms with Crippen LogP contribution in [0.25, 0.3) is 0 Å². The van der Waals surface area contributed by atoms with Crippen LogP contribution in [0.5, 0.6) is 5.75 Å². The van der Waals surface area contributed by atoms with Crippen molar-refractivity contribution >= 4 is 15.9 Å². The Kier molecular flexibility index (Phi) is 9.83. The Bertz CT molecular complexity index is 520. The molecule has 0 fully saturated rings. The Hall–Kier alpha value is -1.24. The fourth-order valence-corrected chi connectivity index (χ4v) is 2.81. The van der Waals surface area contributed by atoms with Crippen LogP contribution in [0.2, 0.25) is 0 Å². The molecule has 0 unspecified atom stereocenters. The lowest BCUT2D eigenvalue weighted by molar-refractivity contribution is 0.280. The molecule has 6 heteroatoms. The van der Waals surface area contributed by atoms with Crippen LogP contribution in [0.1, 0.15) is 31.7 Å². The predicted octanol–water partition coefficient (Wildman–Crippen LogP) is 3.10. The van der Waals surface area contributed by atoms with Crippen molar-refractivity contribution in [3.8, 4) is 5.75 Å². The third-order valence-electron chi connectivity index (χ3n) is 3.53. The molecule has 0 aliphatic heterocycles. The number of rotatable bonds is 11. The number of halogens is 1. The molecule has 136 valence electrons. The zero-order chi connectivity index (χ0) is 17.9. The number of ether oxygens (including phenoxy) is 1. The molecule has 4 N–H and O–H groups in total. The quantitative estimate of drug-likeness (QED) is 0.340. The third-order valence-corrected chi connectivity index (χ3v) is 4.15. The zero-order valence-corrected chi connectivity index (χ0v) is 16.7. The molecule has 24 heavy (non-hydrogen) atoms. The molecule has 0 heterocycles. The summed E-state index contributed by atoms with van der Waals surface area (Å²) in [6.07, 6.45) is 5.58.